The van der Waals surface area contributed by atoms with E-state index >= 15 is 0 Å². The number of halogens is 1. The molecule has 0 aromatic heterocycles. The molecule has 0 spiro atoms. The minimum atomic E-state index is -0.413. The number of aliphatic imine (C=N–C) groups is 1. The number of amides is 1. The largest absolute Gasteiger partial charge is 0.369 e. The number of hydrogen-bond acceptors (Lipinski definition) is 2. The number of hydrogen-bond donors (Lipinski definition) is 2. The van der Waals surface area contributed by atoms with Crippen molar-refractivity contribution in [2.75, 3.05) is 26.7 Å². The fraction of sp³-hybridized carbons (Fsp3) is 0.556. The smallest absolute Gasteiger partial charge is 0.222 e. The van der Waals surface area contributed by atoms with Crippen LogP contribution in [0.1, 0.15) is 32.3 Å². The molecule has 0 aliphatic rings. The highest BCUT2D eigenvalue weighted by Crippen LogP contribution is 2.11. The molecule has 1 aromatic carbocycles. The summed E-state index contributed by atoms with van der Waals surface area (Å²) in [5.41, 5.74) is 6.39. The van der Waals surface area contributed by atoms with Gasteiger partial charge in [-0.1, -0.05) is 25.5 Å². The van der Waals surface area contributed by atoms with Crippen LogP contribution in [0.15, 0.2) is 29.3 Å². The molecule has 1 amide bonds. The van der Waals surface area contributed by atoms with Crippen LogP contribution in [0, 0.1) is 11.7 Å². The first-order chi connectivity index (χ1) is 11.5. The zero-order valence-electron chi connectivity index (χ0n) is 14.9. The van der Waals surface area contributed by atoms with Crippen molar-refractivity contribution in [3.05, 3.63) is 35.6 Å². The Hall–Kier alpha value is -2.11. The first-order valence-electron chi connectivity index (χ1n) is 8.51. The van der Waals surface area contributed by atoms with Gasteiger partial charge < -0.3 is 16.0 Å². The maximum atomic E-state index is 13.0. The molecule has 3 N–H and O–H groups in total. The van der Waals surface area contributed by atoms with Crippen LogP contribution in [0.5, 0.6) is 0 Å². The lowest BCUT2D eigenvalue weighted by atomic mass is 9.99. The van der Waals surface area contributed by atoms with Gasteiger partial charge in [0.15, 0.2) is 5.96 Å². The number of carbonyl (C=O) groups is 1. The van der Waals surface area contributed by atoms with Crippen LogP contribution in [0.25, 0.3) is 0 Å². The maximum Gasteiger partial charge on any atom is 0.222 e. The van der Waals surface area contributed by atoms with Crippen molar-refractivity contribution >= 4 is 11.9 Å². The summed E-state index contributed by atoms with van der Waals surface area (Å²) in [6, 6.07) is 6.12. The fourth-order valence-electron chi connectivity index (χ4n) is 2.33. The van der Waals surface area contributed by atoms with Gasteiger partial charge in [0.1, 0.15) is 5.82 Å². The second kappa shape index (κ2) is 10.6. The maximum absolute atomic E-state index is 13.0. The molecule has 134 valence electrons. The van der Waals surface area contributed by atoms with Crippen LogP contribution in [0.3, 0.4) is 0 Å². The minimum Gasteiger partial charge on any atom is -0.369 e. The molecule has 0 aliphatic carbocycles. The summed E-state index contributed by atoms with van der Waals surface area (Å²) < 4.78 is 13.0. The Morgan fingerprint density at radius 3 is 2.54 bits per heavy atom. The van der Waals surface area contributed by atoms with E-state index in [-0.39, 0.29) is 5.82 Å². The van der Waals surface area contributed by atoms with Gasteiger partial charge in [0.25, 0.3) is 0 Å². The zero-order chi connectivity index (χ0) is 17.9. The Morgan fingerprint density at radius 2 is 2.00 bits per heavy atom. The first-order valence-corrected chi connectivity index (χ1v) is 8.51. The second-order valence-corrected chi connectivity index (χ2v) is 5.90. The van der Waals surface area contributed by atoms with Crippen molar-refractivity contribution < 1.29 is 9.18 Å². The second-order valence-electron chi connectivity index (χ2n) is 5.90. The third-order valence-electron chi connectivity index (χ3n) is 3.80. The number of unbranched alkanes of at least 4 members (excludes halogenated alkanes) is 1. The fourth-order valence-corrected chi connectivity index (χ4v) is 2.33. The van der Waals surface area contributed by atoms with E-state index in [0.717, 1.165) is 37.5 Å². The van der Waals surface area contributed by atoms with Gasteiger partial charge in [-0.15, -0.1) is 0 Å². The molecule has 0 radical (unpaired) electrons. The summed E-state index contributed by atoms with van der Waals surface area (Å²) in [5.74, 6) is -0.325. The standard InChI is InChI=1S/C18H29FN4O/c1-4-6-11-23(3)18(21-5-2)22-13-15(17(20)24)12-14-7-9-16(19)10-8-14/h7-10,15H,4-6,11-13H2,1-3H3,(H2,20,24)(H,21,22). The molecular weight excluding hydrogens is 307 g/mol. The van der Waals surface area contributed by atoms with Crippen molar-refractivity contribution in [3.63, 3.8) is 0 Å². The highest BCUT2D eigenvalue weighted by Gasteiger charge is 2.17. The molecule has 0 saturated carbocycles. The Kier molecular flexibility index (Phi) is 8.83. The number of rotatable bonds is 9. The summed E-state index contributed by atoms with van der Waals surface area (Å²) in [6.45, 7) is 6.12. The summed E-state index contributed by atoms with van der Waals surface area (Å²) in [6.07, 6.45) is 2.64. The third kappa shape index (κ3) is 6.98. The van der Waals surface area contributed by atoms with E-state index in [2.05, 4.69) is 22.1 Å². The van der Waals surface area contributed by atoms with E-state index in [4.69, 9.17) is 5.73 Å². The molecule has 1 unspecified atom stereocenters. The number of guanidine groups is 1. The average molecular weight is 336 g/mol. The van der Waals surface area contributed by atoms with Crippen LogP contribution in [-0.4, -0.2) is 43.4 Å². The monoisotopic (exact) mass is 336 g/mol. The predicted octanol–water partition coefficient (Wildman–Crippen LogP) is 2.17. The van der Waals surface area contributed by atoms with Crippen LogP contribution < -0.4 is 11.1 Å². The lowest BCUT2D eigenvalue weighted by Gasteiger charge is -2.22. The number of carbonyl (C=O) groups excluding carboxylic acids is 1. The molecule has 0 saturated heterocycles. The van der Waals surface area contributed by atoms with Crippen LogP contribution >= 0.6 is 0 Å². The van der Waals surface area contributed by atoms with Crippen LogP contribution in [-0.2, 0) is 11.2 Å². The van der Waals surface area contributed by atoms with Crippen molar-refractivity contribution in [1.82, 2.24) is 10.2 Å². The normalized spacial score (nSPS) is 12.8. The van der Waals surface area contributed by atoms with E-state index in [1.807, 2.05) is 14.0 Å². The molecule has 0 fully saturated rings. The molecule has 0 aliphatic heterocycles. The number of nitrogens with one attached hydrogen (secondary N) is 1. The summed E-state index contributed by atoms with van der Waals surface area (Å²) in [7, 11) is 1.98. The average Bonchev–Trinajstić information content (AvgIpc) is 2.56. The molecule has 1 rings (SSSR count). The van der Waals surface area contributed by atoms with Crippen molar-refractivity contribution in [2.24, 2.45) is 16.6 Å². The van der Waals surface area contributed by atoms with E-state index in [9.17, 15) is 9.18 Å². The third-order valence-corrected chi connectivity index (χ3v) is 3.80. The highest BCUT2D eigenvalue weighted by molar-refractivity contribution is 5.81. The number of benzene rings is 1. The van der Waals surface area contributed by atoms with E-state index < -0.39 is 11.8 Å². The van der Waals surface area contributed by atoms with Crippen molar-refractivity contribution in [2.45, 2.75) is 33.1 Å². The molecule has 1 aromatic rings. The van der Waals surface area contributed by atoms with Gasteiger partial charge in [0.2, 0.25) is 5.91 Å². The Morgan fingerprint density at radius 1 is 1.33 bits per heavy atom. The molecule has 0 bridgehead atoms. The van der Waals surface area contributed by atoms with E-state index in [0.29, 0.717) is 13.0 Å². The first kappa shape index (κ1) is 19.9. The Bertz CT molecular complexity index is 530. The lowest BCUT2D eigenvalue weighted by Crippen LogP contribution is -2.40. The SMILES string of the molecule is CCCCN(C)C(=NCC(Cc1ccc(F)cc1)C(N)=O)NCC. The van der Waals surface area contributed by atoms with E-state index in [1.54, 1.807) is 12.1 Å². The van der Waals surface area contributed by atoms with Gasteiger partial charge >= 0.3 is 0 Å². The summed E-state index contributed by atoms with van der Waals surface area (Å²) in [5, 5.41) is 3.23. The summed E-state index contributed by atoms with van der Waals surface area (Å²) in [4.78, 5) is 18.3. The molecule has 1 atom stereocenters. The Labute approximate surface area is 144 Å². The van der Waals surface area contributed by atoms with Gasteiger partial charge in [-0.05, 0) is 37.5 Å². The van der Waals surface area contributed by atoms with Crippen molar-refractivity contribution in [1.29, 1.82) is 0 Å². The van der Waals surface area contributed by atoms with Gasteiger partial charge in [-0.3, -0.25) is 9.79 Å². The van der Waals surface area contributed by atoms with Gasteiger partial charge in [-0.25, -0.2) is 4.39 Å². The quantitative estimate of drug-likeness (QED) is 0.536. The van der Waals surface area contributed by atoms with E-state index in [1.165, 1.54) is 12.1 Å². The molecular formula is C18H29FN4O. The summed E-state index contributed by atoms with van der Waals surface area (Å²) >= 11 is 0. The number of primary amides is 1. The van der Waals surface area contributed by atoms with Crippen LogP contribution in [0.4, 0.5) is 4.39 Å². The highest BCUT2D eigenvalue weighted by atomic mass is 19.1. The van der Waals surface area contributed by atoms with Gasteiger partial charge in [-0.2, -0.15) is 0 Å². The lowest BCUT2D eigenvalue weighted by molar-refractivity contribution is -0.121. The molecule has 5 nitrogen and oxygen atoms in total. The van der Waals surface area contributed by atoms with Gasteiger partial charge in [0, 0.05) is 20.1 Å². The predicted molar refractivity (Wildman–Crippen MR) is 96.3 cm³/mol. The topological polar surface area (TPSA) is 70.7 Å². The minimum absolute atomic E-state index is 0.292. The number of nitrogens with two attached hydrogens (primary N) is 1. The van der Waals surface area contributed by atoms with Crippen LogP contribution in [0.2, 0.25) is 0 Å². The molecule has 0 heterocycles. The Balaban J connectivity index is 2.76. The number of nitrogens with zero attached hydrogens (tertiary/aromatic N) is 2. The zero-order valence-corrected chi connectivity index (χ0v) is 14.9. The van der Waals surface area contributed by atoms with Crippen molar-refractivity contribution in [3.8, 4) is 0 Å². The molecule has 6 heteroatoms. The molecule has 24 heavy (non-hydrogen) atoms. The van der Waals surface area contributed by atoms with Gasteiger partial charge in [0.05, 0.1) is 12.5 Å².